The van der Waals surface area contributed by atoms with Gasteiger partial charge in [0.2, 0.25) is 0 Å². The highest BCUT2D eigenvalue weighted by Gasteiger charge is 2.14. The van der Waals surface area contributed by atoms with E-state index in [1.807, 2.05) is 0 Å². The maximum absolute atomic E-state index is 5.36. The van der Waals surface area contributed by atoms with Gasteiger partial charge in [0.1, 0.15) is 0 Å². The van der Waals surface area contributed by atoms with Gasteiger partial charge in [-0.1, -0.05) is 33.1 Å². The third kappa shape index (κ3) is 5.53. The van der Waals surface area contributed by atoms with Crippen LogP contribution < -0.4 is 5.32 Å². The Kier molecular flexibility index (Phi) is 7.03. The molecule has 0 aromatic carbocycles. The van der Waals surface area contributed by atoms with Crippen LogP contribution in [-0.4, -0.2) is 25.8 Å². The van der Waals surface area contributed by atoms with Crippen molar-refractivity contribution in [3.63, 3.8) is 0 Å². The van der Waals surface area contributed by atoms with Crippen molar-refractivity contribution in [2.75, 3.05) is 19.8 Å². The van der Waals surface area contributed by atoms with Crippen LogP contribution in [0.25, 0.3) is 0 Å². The molecule has 1 aliphatic rings. The van der Waals surface area contributed by atoms with Crippen LogP contribution in [0.4, 0.5) is 0 Å². The molecule has 2 nitrogen and oxygen atoms in total. The first-order chi connectivity index (χ1) is 7.36. The average Bonchev–Trinajstić information content (AvgIpc) is 2.31. The normalized spacial score (nSPS) is 20.4. The van der Waals surface area contributed by atoms with Gasteiger partial charge in [-0.3, -0.25) is 0 Å². The van der Waals surface area contributed by atoms with Crippen LogP contribution in [-0.2, 0) is 4.74 Å². The Labute approximate surface area is 94.8 Å². The van der Waals surface area contributed by atoms with Crippen molar-refractivity contribution >= 4 is 0 Å². The topological polar surface area (TPSA) is 21.3 Å². The zero-order chi connectivity index (χ0) is 10.9. The van der Waals surface area contributed by atoms with Crippen molar-refractivity contribution in [2.45, 2.75) is 58.4 Å². The molecule has 0 spiro atoms. The molecule has 1 fully saturated rings. The predicted molar refractivity (Wildman–Crippen MR) is 65.1 cm³/mol. The van der Waals surface area contributed by atoms with Gasteiger partial charge in [0.05, 0.1) is 0 Å². The van der Waals surface area contributed by atoms with Gasteiger partial charge in [0, 0.05) is 19.3 Å². The van der Waals surface area contributed by atoms with Gasteiger partial charge in [-0.05, 0) is 31.7 Å². The summed E-state index contributed by atoms with van der Waals surface area (Å²) >= 11 is 0. The second-order valence-corrected chi connectivity index (χ2v) is 4.71. The SMILES string of the molecule is CCCC[C@@H](CC)CNC1CCOCC1. The van der Waals surface area contributed by atoms with Crippen molar-refractivity contribution in [2.24, 2.45) is 5.92 Å². The van der Waals surface area contributed by atoms with Gasteiger partial charge in [0.25, 0.3) is 0 Å². The first-order valence-electron chi connectivity index (χ1n) is 6.68. The molecule has 0 unspecified atom stereocenters. The largest absolute Gasteiger partial charge is 0.381 e. The molecule has 2 heteroatoms. The van der Waals surface area contributed by atoms with Crippen LogP contribution in [0.5, 0.6) is 0 Å². The minimum atomic E-state index is 0.717. The van der Waals surface area contributed by atoms with Crippen molar-refractivity contribution < 1.29 is 4.74 Å². The third-order valence-electron chi connectivity index (χ3n) is 3.46. The van der Waals surface area contributed by atoms with Crippen LogP contribution >= 0.6 is 0 Å². The van der Waals surface area contributed by atoms with E-state index in [0.29, 0.717) is 0 Å². The highest BCUT2D eigenvalue weighted by Crippen LogP contribution is 2.13. The summed E-state index contributed by atoms with van der Waals surface area (Å²) in [6.07, 6.45) is 7.82. The Morgan fingerprint density at radius 3 is 2.60 bits per heavy atom. The van der Waals surface area contributed by atoms with E-state index in [1.165, 1.54) is 45.1 Å². The first-order valence-corrected chi connectivity index (χ1v) is 6.68. The lowest BCUT2D eigenvalue weighted by Crippen LogP contribution is -2.37. The quantitative estimate of drug-likeness (QED) is 0.702. The van der Waals surface area contributed by atoms with E-state index in [2.05, 4.69) is 19.2 Å². The molecule has 0 aliphatic carbocycles. The van der Waals surface area contributed by atoms with Gasteiger partial charge in [-0.2, -0.15) is 0 Å². The molecule has 0 aromatic rings. The Balaban J connectivity index is 2.09. The van der Waals surface area contributed by atoms with Crippen molar-refractivity contribution in [3.05, 3.63) is 0 Å². The lowest BCUT2D eigenvalue weighted by Gasteiger charge is -2.25. The minimum absolute atomic E-state index is 0.717. The molecule has 0 radical (unpaired) electrons. The van der Waals surface area contributed by atoms with E-state index in [4.69, 9.17) is 4.74 Å². The molecule has 0 bridgehead atoms. The fourth-order valence-electron chi connectivity index (χ4n) is 2.18. The summed E-state index contributed by atoms with van der Waals surface area (Å²) < 4.78 is 5.36. The van der Waals surface area contributed by atoms with E-state index in [-0.39, 0.29) is 0 Å². The zero-order valence-electron chi connectivity index (χ0n) is 10.4. The second-order valence-electron chi connectivity index (χ2n) is 4.71. The first kappa shape index (κ1) is 13.0. The summed E-state index contributed by atoms with van der Waals surface area (Å²) in [6.45, 7) is 7.69. The number of ether oxygens (including phenoxy) is 1. The summed E-state index contributed by atoms with van der Waals surface area (Å²) in [7, 11) is 0. The molecule has 1 heterocycles. The van der Waals surface area contributed by atoms with Gasteiger partial charge in [0.15, 0.2) is 0 Å². The molecule has 0 saturated carbocycles. The van der Waals surface area contributed by atoms with Gasteiger partial charge < -0.3 is 10.1 Å². The molecule has 1 aliphatic heterocycles. The lowest BCUT2D eigenvalue weighted by atomic mass is 9.98. The average molecular weight is 213 g/mol. The van der Waals surface area contributed by atoms with Gasteiger partial charge in [-0.25, -0.2) is 0 Å². The third-order valence-corrected chi connectivity index (χ3v) is 3.46. The van der Waals surface area contributed by atoms with E-state index in [0.717, 1.165) is 25.2 Å². The summed E-state index contributed by atoms with van der Waals surface area (Å²) in [5.41, 5.74) is 0. The van der Waals surface area contributed by atoms with Crippen molar-refractivity contribution in [3.8, 4) is 0 Å². The number of hydrogen-bond acceptors (Lipinski definition) is 2. The molecule has 1 atom stereocenters. The standard InChI is InChI=1S/C13H27NO/c1-3-5-6-12(4-2)11-14-13-7-9-15-10-8-13/h12-14H,3-11H2,1-2H3/t12-/m1/s1. The molecule has 15 heavy (non-hydrogen) atoms. The van der Waals surface area contributed by atoms with Crippen molar-refractivity contribution in [1.82, 2.24) is 5.32 Å². The Morgan fingerprint density at radius 2 is 2.00 bits per heavy atom. The maximum atomic E-state index is 5.36. The zero-order valence-corrected chi connectivity index (χ0v) is 10.4. The van der Waals surface area contributed by atoms with Crippen molar-refractivity contribution in [1.29, 1.82) is 0 Å². The van der Waals surface area contributed by atoms with Crippen LogP contribution in [0, 0.1) is 5.92 Å². The van der Waals surface area contributed by atoms with Gasteiger partial charge in [-0.15, -0.1) is 0 Å². The summed E-state index contributed by atoms with van der Waals surface area (Å²) in [5.74, 6) is 0.882. The summed E-state index contributed by atoms with van der Waals surface area (Å²) in [5, 5.41) is 3.70. The fourth-order valence-corrected chi connectivity index (χ4v) is 2.18. The molecule has 0 aromatic heterocycles. The molecule has 1 N–H and O–H groups in total. The Morgan fingerprint density at radius 1 is 1.27 bits per heavy atom. The maximum Gasteiger partial charge on any atom is 0.0480 e. The number of hydrogen-bond donors (Lipinski definition) is 1. The smallest absolute Gasteiger partial charge is 0.0480 e. The highest BCUT2D eigenvalue weighted by atomic mass is 16.5. The van der Waals surface area contributed by atoms with Crippen LogP contribution in [0.15, 0.2) is 0 Å². The molecule has 1 saturated heterocycles. The summed E-state index contributed by atoms with van der Waals surface area (Å²) in [6, 6.07) is 0.717. The number of nitrogens with one attached hydrogen (secondary N) is 1. The van der Waals surface area contributed by atoms with E-state index in [9.17, 15) is 0 Å². The Bertz CT molecular complexity index is 143. The number of rotatable bonds is 7. The number of unbranched alkanes of at least 4 members (excludes halogenated alkanes) is 1. The minimum Gasteiger partial charge on any atom is -0.381 e. The molecular weight excluding hydrogens is 186 g/mol. The highest BCUT2D eigenvalue weighted by molar-refractivity contribution is 4.72. The van der Waals surface area contributed by atoms with Crippen LogP contribution in [0.2, 0.25) is 0 Å². The van der Waals surface area contributed by atoms with Crippen LogP contribution in [0.1, 0.15) is 52.4 Å². The van der Waals surface area contributed by atoms with E-state index >= 15 is 0 Å². The van der Waals surface area contributed by atoms with Crippen LogP contribution in [0.3, 0.4) is 0 Å². The molecular formula is C13H27NO. The van der Waals surface area contributed by atoms with Gasteiger partial charge >= 0.3 is 0 Å². The fraction of sp³-hybridized carbons (Fsp3) is 1.00. The molecule has 90 valence electrons. The second kappa shape index (κ2) is 8.12. The predicted octanol–water partition coefficient (Wildman–Crippen LogP) is 2.97. The lowest BCUT2D eigenvalue weighted by molar-refractivity contribution is 0.0767. The van der Waals surface area contributed by atoms with E-state index in [1.54, 1.807) is 0 Å². The molecule has 0 amide bonds. The molecule has 1 rings (SSSR count). The monoisotopic (exact) mass is 213 g/mol. The van der Waals surface area contributed by atoms with E-state index < -0.39 is 0 Å². The Hall–Kier alpha value is -0.0800. The summed E-state index contributed by atoms with van der Waals surface area (Å²) in [4.78, 5) is 0.